The molecule has 0 amide bonds. The molecule has 0 heterocycles. The van der Waals surface area contributed by atoms with Crippen LogP contribution in [0.5, 0.6) is 0 Å². The molecule has 0 fully saturated rings. The van der Waals surface area contributed by atoms with Crippen molar-refractivity contribution in [3.05, 3.63) is 24.3 Å². The van der Waals surface area contributed by atoms with Gasteiger partial charge in [0.15, 0.2) is 0 Å². The molecule has 8 heteroatoms. The third-order valence-corrected chi connectivity index (χ3v) is 1.80. The van der Waals surface area contributed by atoms with Crippen LogP contribution in [-0.4, -0.2) is 47.3 Å². The van der Waals surface area contributed by atoms with Gasteiger partial charge in [-0.25, -0.2) is 9.59 Å². The van der Waals surface area contributed by atoms with Crippen LogP contribution in [0.1, 0.15) is 40.5 Å². The largest absolute Gasteiger partial charge is 0.481 e. The second kappa shape index (κ2) is 16.7. The van der Waals surface area contributed by atoms with E-state index in [0.29, 0.717) is 24.4 Å². The summed E-state index contributed by atoms with van der Waals surface area (Å²) in [5.74, 6) is -2.78. The Hall–Kier alpha value is -2.64. The molecule has 0 rings (SSSR count). The van der Waals surface area contributed by atoms with Crippen molar-refractivity contribution in [3.63, 3.8) is 0 Å². The molecule has 0 bridgehead atoms. The van der Waals surface area contributed by atoms with Gasteiger partial charge in [0.25, 0.3) is 0 Å². The van der Waals surface area contributed by atoms with Crippen molar-refractivity contribution in [2.24, 2.45) is 0 Å². The Morgan fingerprint density at radius 3 is 1.08 bits per heavy atom. The number of carbonyl (C=O) groups is 4. The minimum atomic E-state index is -1.08. The lowest BCUT2D eigenvalue weighted by molar-refractivity contribution is -0.143. The first kappa shape index (κ1) is 26.3. The Morgan fingerprint density at radius 1 is 0.750 bits per heavy atom. The highest BCUT2D eigenvalue weighted by Gasteiger charge is 2.00. The molecule has 0 spiro atoms. The van der Waals surface area contributed by atoms with Gasteiger partial charge in [-0.1, -0.05) is 13.2 Å². The van der Waals surface area contributed by atoms with Crippen molar-refractivity contribution in [2.75, 3.05) is 13.2 Å². The second-order valence-electron chi connectivity index (χ2n) is 4.29. The second-order valence-corrected chi connectivity index (χ2v) is 4.29. The fraction of sp³-hybridized carbons (Fsp3) is 0.500. The van der Waals surface area contributed by atoms with E-state index in [9.17, 15) is 19.2 Å². The lowest BCUT2D eigenvalue weighted by Crippen LogP contribution is -2.03. The summed E-state index contributed by atoms with van der Waals surface area (Å²) >= 11 is 0. The van der Waals surface area contributed by atoms with Crippen molar-refractivity contribution in [1.82, 2.24) is 0 Å². The molecule has 24 heavy (non-hydrogen) atoms. The van der Waals surface area contributed by atoms with Crippen molar-refractivity contribution < 1.29 is 38.9 Å². The smallest absolute Gasteiger partial charge is 0.333 e. The zero-order valence-corrected chi connectivity index (χ0v) is 14.6. The average Bonchev–Trinajstić information content (AvgIpc) is 2.46. The van der Waals surface area contributed by atoms with Gasteiger partial charge < -0.3 is 19.7 Å². The van der Waals surface area contributed by atoms with E-state index in [2.05, 4.69) is 22.6 Å². The van der Waals surface area contributed by atoms with Gasteiger partial charge in [0.05, 0.1) is 26.1 Å². The SMILES string of the molecule is C=C(C)C(=O)OCC.C=C(C)C(=O)OCC.O=C(O)CCC(=O)O. The van der Waals surface area contributed by atoms with Crippen molar-refractivity contribution in [2.45, 2.75) is 40.5 Å². The molecule has 0 unspecified atom stereocenters. The van der Waals surface area contributed by atoms with E-state index in [-0.39, 0.29) is 24.8 Å². The third-order valence-electron chi connectivity index (χ3n) is 1.80. The van der Waals surface area contributed by atoms with Crippen LogP contribution in [0.3, 0.4) is 0 Å². The molecule has 138 valence electrons. The van der Waals surface area contributed by atoms with Gasteiger partial charge in [0.1, 0.15) is 0 Å². The number of aliphatic carboxylic acids is 2. The Labute approximate surface area is 141 Å². The number of carboxylic acid groups (broad SMARTS) is 2. The minimum absolute atomic E-state index is 0.296. The first-order valence-electron chi connectivity index (χ1n) is 7.08. The van der Waals surface area contributed by atoms with Gasteiger partial charge in [0, 0.05) is 11.1 Å². The lowest BCUT2D eigenvalue weighted by Gasteiger charge is -1.96. The predicted octanol–water partition coefficient (Wildman–Crippen LogP) is 2.19. The summed E-state index contributed by atoms with van der Waals surface area (Å²) in [5, 5.41) is 15.8. The Kier molecular flexibility index (Phi) is 18.3. The van der Waals surface area contributed by atoms with Gasteiger partial charge in [-0.15, -0.1) is 0 Å². The first-order chi connectivity index (χ1) is 11.0. The fourth-order valence-electron chi connectivity index (χ4n) is 0.722. The maximum absolute atomic E-state index is 10.4. The lowest BCUT2D eigenvalue weighted by atomic mass is 10.3. The summed E-state index contributed by atoms with van der Waals surface area (Å²) in [6.07, 6.45) is -0.593. The van der Waals surface area contributed by atoms with Gasteiger partial charge in [-0.2, -0.15) is 0 Å². The van der Waals surface area contributed by atoms with E-state index in [0.717, 1.165) is 0 Å². The molecule has 8 nitrogen and oxygen atoms in total. The zero-order chi connectivity index (χ0) is 19.7. The molecular weight excluding hydrogens is 320 g/mol. The molecule has 0 radical (unpaired) electrons. The number of carbonyl (C=O) groups excluding carboxylic acids is 2. The normalized spacial score (nSPS) is 8.33. The van der Waals surface area contributed by atoms with E-state index in [1.165, 1.54) is 0 Å². The predicted molar refractivity (Wildman–Crippen MR) is 87.4 cm³/mol. The van der Waals surface area contributed by atoms with E-state index in [1.807, 2.05) is 0 Å². The van der Waals surface area contributed by atoms with Gasteiger partial charge in [-0.3, -0.25) is 9.59 Å². The van der Waals surface area contributed by atoms with E-state index >= 15 is 0 Å². The molecule has 0 aliphatic heterocycles. The summed E-state index contributed by atoms with van der Waals surface area (Å²) in [6.45, 7) is 14.4. The van der Waals surface area contributed by atoms with E-state index in [4.69, 9.17) is 10.2 Å². The van der Waals surface area contributed by atoms with E-state index < -0.39 is 11.9 Å². The number of carboxylic acids is 2. The number of rotatable bonds is 7. The highest BCUT2D eigenvalue weighted by Crippen LogP contribution is 1.90. The minimum Gasteiger partial charge on any atom is -0.481 e. The topological polar surface area (TPSA) is 127 Å². The Morgan fingerprint density at radius 2 is 1.00 bits per heavy atom. The third kappa shape index (κ3) is 24.4. The summed E-state index contributed by atoms with van der Waals surface area (Å²) in [4.78, 5) is 40.1. The highest BCUT2D eigenvalue weighted by molar-refractivity contribution is 5.87. The van der Waals surface area contributed by atoms with Crippen molar-refractivity contribution in [3.8, 4) is 0 Å². The molecule has 0 aliphatic carbocycles. The molecule has 2 N–H and O–H groups in total. The summed E-state index contributed by atoms with van der Waals surface area (Å²) < 4.78 is 9.13. The molecule has 0 atom stereocenters. The Balaban J connectivity index is -0.000000276. The fourth-order valence-corrected chi connectivity index (χ4v) is 0.722. The molecule has 0 aromatic carbocycles. The molecule has 0 saturated heterocycles. The summed E-state index contributed by atoms with van der Waals surface area (Å²) in [7, 11) is 0. The van der Waals surface area contributed by atoms with Gasteiger partial charge >= 0.3 is 23.9 Å². The van der Waals surface area contributed by atoms with Gasteiger partial charge in [0.2, 0.25) is 0 Å². The average molecular weight is 346 g/mol. The van der Waals surface area contributed by atoms with Crippen LogP contribution in [0.15, 0.2) is 24.3 Å². The van der Waals surface area contributed by atoms with Crippen LogP contribution in [0.25, 0.3) is 0 Å². The van der Waals surface area contributed by atoms with E-state index in [1.54, 1.807) is 27.7 Å². The van der Waals surface area contributed by atoms with Crippen LogP contribution in [0.4, 0.5) is 0 Å². The molecular formula is C16H26O8. The molecule has 0 aromatic rings. The van der Waals surface area contributed by atoms with Crippen molar-refractivity contribution >= 4 is 23.9 Å². The first-order valence-corrected chi connectivity index (χ1v) is 7.08. The van der Waals surface area contributed by atoms with Crippen LogP contribution >= 0.6 is 0 Å². The standard InChI is InChI=1S/2C6H10O2.C4H6O4/c2*1-4-8-6(7)5(2)3;5-3(6)1-2-4(7)8/h2*2,4H2,1,3H3;1-2H2,(H,5,6)(H,7,8). The zero-order valence-electron chi connectivity index (χ0n) is 14.6. The number of ether oxygens (including phenoxy) is 2. The quantitative estimate of drug-likeness (QED) is 0.530. The van der Waals surface area contributed by atoms with Crippen molar-refractivity contribution in [1.29, 1.82) is 0 Å². The summed E-state index contributed by atoms with van der Waals surface area (Å²) in [6, 6.07) is 0. The van der Waals surface area contributed by atoms with Crippen LogP contribution in [0, 0.1) is 0 Å². The number of hydrogen-bond acceptors (Lipinski definition) is 6. The van der Waals surface area contributed by atoms with Crippen LogP contribution < -0.4 is 0 Å². The molecule has 0 aliphatic rings. The molecule has 0 aromatic heterocycles. The maximum Gasteiger partial charge on any atom is 0.333 e. The van der Waals surface area contributed by atoms with Gasteiger partial charge in [-0.05, 0) is 27.7 Å². The highest BCUT2D eigenvalue weighted by atomic mass is 16.5. The maximum atomic E-state index is 10.4. The monoisotopic (exact) mass is 346 g/mol. The Bertz CT molecular complexity index is 409. The number of hydrogen-bond donors (Lipinski definition) is 2. The molecule has 0 saturated carbocycles. The number of esters is 2. The van der Waals surface area contributed by atoms with Crippen LogP contribution in [-0.2, 0) is 28.7 Å². The summed E-state index contributed by atoms with van der Waals surface area (Å²) in [5.41, 5.74) is 0.902. The van der Waals surface area contributed by atoms with Crippen LogP contribution in [0.2, 0.25) is 0 Å².